The zero-order valence-electron chi connectivity index (χ0n) is 22.0. The van der Waals surface area contributed by atoms with Crippen LogP contribution in [0.25, 0.3) is 0 Å². The van der Waals surface area contributed by atoms with Crippen LogP contribution in [0.3, 0.4) is 0 Å². The number of nitrogens with one attached hydrogen (secondary N) is 1. The molecule has 0 atom stereocenters. The van der Waals surface area contributed by atoms with Gasteiger partial charge in [0.25, 0.3) is 10.0 Å². The van der Waals surface area contributed by atoms with Crippen molar-refractivity contribution in [3.8, 4) is 5.75 Å². The van der Waals surface area contributed by atoms with Crippen molar-refractivity contribution in [2.24, 2.45) is 17.8 Å². The Hall–Kier alpha value is -3.39. The molecular formula is C31H33FN2O4S. The van der Waals surface area contributed by atoms with Gasteiger partial charge in [-0.15, -0.1) is 0 Å². The highest BCUT2D eigenvalue weighted by Gasteiger charge is 2.51. The second-order valence-electron chi connectivity index (χ2n) is 11.5. The number of carbonyl (C=O) groups is 1. The first-order chi connectivity index (χ1) is 18.7. The van der Waals surface area contributed by atoms with Crippen LogP contribution in [0.4, 0.5) is 15.8 Å². The third-order valence-electron chi connectivity index (χ3n) is 8.87. The lowest BCUT2D eigenvalue weighted by molar-refractivity contribution is -0.114. The van der Waals surface area contributed by atoms with Crippen LogP contribution < -0.4 is 14.4 Å². The van der Waals surface area contributed by atoms with Gasteiger partial charge in [0, 0.05) is 5.69 Å². The minimum atomic E-state index is -4.15. The van der Waals surface area contributed by atoms with Crippen LogP contribution in [0.5, 0.6) is 5.75 Å². The highest BCUT2D eigenvalue weighted by atomic mass is 32.2. The Balaban J connectivity index is 1.21. The number of anilines is 2. The summed E-state index contributed by atoms with van der Waals surface area (Å²) in [7, 11) is -2.63. The van der Waals surface area contributed by atoms with Crippen molar-refractivity contribution in [1.29, 1.82) is 0 Å². The maximum absolute atomic E-state index is 13.5. The molecule has 4 fully saturated rings. The molecule has 3 aromatic rings. The highest BCUT2D eigenvalue weighted by Crippen LogP contribution is 2.60. The van der Waals surface area contributed by atoms with E-state index >= 15 is 0 Å². The van der Waals surface area contributed by atoms with E-state index in [1.807, 2.05) is 12.1 Å². The summed E-state index contributed by atoms with van der Waals surface area (Å²) in [6.45, 7) is -0.442. The molecule has 0 aliphatic heterocycles. The monoisotopic (exact) mass is 548 g/mol. The van der Waals surface area contributed by atoms with Crippen molar-refractivity contribution in [2.45, 2.75) is 48.8 Å². The first-order valence-electron chi connectivity index (χ1n) is 13.6. The summed E-state index contributed by atoms with van der Waals surface area (Å²) in [5, 5.41) is 2.87. The summed E-state index contributed by atoms with van der Waals surface area (Å²) in [5.41, 5.74) is 2.55. The quantitative estimate of drug-likeness (QED) is 0.367. The number of halogens is 1. The number of benzene rings is 3. The molecule has 1 amide bonds. The summed E-state index contributed by atoms with van der Waals surface area (Å²) >= 11 is 0. The van der Waals surface area contributed by atoms with E-state index in [1.54, 1.807) is 24.3 Å². The van der Waals surface area contributed by atoms with Crippen molar-refractivity contribution in [3.05, 3.63) is 84.2 Å². The van der Waals surface area contributed by atoms with E-state index in [-0.39, 0.29) is 10.3 Å². The van der Waals surface area contributed by atoms with Crippen molar-refractivity contribution >= 4 is 27.3 Å². The van der Waals surface area contributed by atoms with Gasteiger partial charge in [-0.05, 0) is 128 Å². The predicted molar refractivity (Wildman–Crippen MR) is 149 cm³/mol. The van der Waals surface area contributed by atoms with Crippen LogP contribution in [-0.4, -0.2) is 28.0 Å². The van der Waals surface area contributed by atoms with Gasteiger partial charge in [0.1, 0.15) is 18.1 Å². The standard InChI is InChI=1S/C31H33FN2O4S/c1-38-28-10-8-27(9-11-28)34(39(36,37)29-12-4-25(32)5-13-29)20-30(35)33-26-6-2-24(3-7-26)31-17-21-14-22(18-31)16-23(15-21)19-31/h2-13,21-23H,14-20H2,1H3,(H,33,35). The Kier molecular flexibility index (Phi) is 6.61. The molecule has 4 saturated carbocycles. The van der Waals surface area contributed by atoms with E-state index in [2.05, 4.69) is 17.4 Å². The van der Waals surface area contributed by atoms with Gasteiger partial charge in [-0.25, -0.2) is 12.8 Å². The molecule has 6 nitrogen and oxygen atoms in total. The van der Waals surface area contributed by atoms with E-state index in [4.69, 9.17) is 4.74 Å². The van der Waals surface area contributed by atoms with Gasteiger partial charge in [0.05, 0.1) is 17.7 Å². The number of rotatable bonds is 8. The summed E-state index contributed by atoms with van der Waals surface area (Å²) in [5.74, 6) is 2.09. The Labute approximate surface area is 229 Å². The minimum Gasteiger partial charge on any atom is -0.497 e. The second-order valence-corrected chi connectivity index (χ2v) is 13.3. The molecule has 0 spiro atoms. The summed E-state index contributed by atoms with van der Waals surface area (Å²) in [4.78, 5) is 13.1. The summed E-state index contributed by atoms with van der Waals surface area (Å²) < 4.78 is 46.8. The van der Waals surface area contributed by atoms with E-state index in [9.17, 15) is 17.6 Å². The van der Waals surface area contributed by atoms with Crippen molar-refractivity contribution in [3.63, 3.8) is 0 Å². The Morgan fingerprint density at radius 1 is 0.897 bits per heavy atom. The third kappa shape index (κ3) is 5.02. The lowest BCUT2D eigenvalue weighted by atomic mass is 9.48. The number of methoxy groups -OCH3 is 1. The third-order valence-corrected chi connectivity index (χ3v) is 10.7. The van der Waals surface area contributed by atoms with E-state index in [0.29, 0.717) is 17.1 Å². The number of hydrogen-bond acceptors (Lipinski definition) is 4. The van der Waals surface area contributed by atoms with Crippen molar-refractivity contribution in [2.75, 3.05) is 23.3 Å². The van der Waals surface area contributed by atoms with Gasteiger partial charge in [-0.3, -0.25) is 9.10 Å². The SMILES string of the molecule is COc1ccc(N(CC(=O)Nc2ccc(C34CC5CC(CC(C5)C3)C4)cc2)S(=O)(=O)c2ccc(F)cc2)cc1. The predicted octanol–water partition coefficient (Wildman–Crippen LogP) is 6.14. The number of hydrogen-bond donors (Lipinski definition) is 1. The van der Waals surface area contributed by atoms with Crippen LogP contribution in [0, 0.1) is 23.6 Å². The number of nitrogens with zero attached hydrogens (tertiary/aromatic N) is 1. The fourth-order valence-electron chi connectivity index (χ4n) is 7.50. The van der Waals surface area contributed by atoms with Gasteiger partial charge in [-0.1, -0.05) is 12.1 Å². The number of ether oxygens (including phenoxy) is 1. The average molecular weight is 549 g/mol. The zero-order chi connectivity index (χ0) is 27.2. The zero-order valence-corrected chi connectivity index (χ0v) is 22.8. The maximum Gasteiger partial charge on any atom is 0.264 e. The molecule has 39 heavy (non-hydrogen) atoms. The molecule has 3 aromatic carbocycles. The minimum absolute atomic E-state index is 0.104. The lowest BCUT2D eigenvalue weighted by Crippen LogP contribution is -2.48. The van der Waals surface area contributed by atoms with Gasteiger partial charge in [0.2, 0.25) is 5.91 Å². The van der Waals surface area contributed by atoms with Crippen molar-refractivity contribution < 1.29 is 22.3 Å². The first-order valence-corrected chi connectivity index (χ1v) is 15.0. The summed E-state index contributed by atoms with van der Waals surface area (Å²) in [6.07, 6.45) is 7.96. The maximum atomic E-state index is 13.5. The average Bonchev–Trinajstić information content (AvgIpc) is 2.91. The normalized spacial score (nSPS) is 25.3. The molecule has 204 valence electrons. The lowest BCUT2D eigenvalue weighted by Gasteiger charge is -2.57. The summed E-state index contributed by atoms with van der Waals surface area (Å²) in [6, 6.07) is 19.1. The van der Waals surface area contributed by atoms with Crippen LogP contribution in [0.2, 0.25) is 0 Å². The largest absolute Gasteiger partial charge is 0.497 e. The topological polar surface area (TPSA) is 75.7 Å². The van der Waals surface area contributed by atoms with E-state index < -0.39 is 28.3 Å². The molecule has 0 radical (unpaired) electrons. The molecule has 1 N–H and O–H groups in total. The van der Waals surface area contributed by atoms with Crippen molar-refractivity contribution in [1.82, 2.24) is 0 Å². The molecule has 0 aromatic heterocycles. The Bertz CT molecular complexity index is 1420. The molecule has 4 aliphatic carbocycles. The molecule has 4 bridgehead atoms. The molecular weight excluding hydrogens is 515 g/mol. The van der Waals surface area contributed by atoms with Gasteiger partial charge < -0.3 is 10.1 Å². The molecule has 0 unspecified atom stereocenters. The van der Waals surface area contributed by atoms with Gasteiger partial charge in [0.15, 0.2) is 0 Å². The van der Waals surface area contributed by atoms with Crippen LogP contribution in [0.15, 0.2) is 77.7 Å². The van der Waals surface area contributed by atoms with Gasteiger partial charge >= 0.3 is 0 Å². The van der Waals surface area contributed by atoms with Crippen LogP contribution >= 0.6 is 0 Å². The Morgan fingerprint density at radius 3 is 2.00 bits per heavy atom. The molecule has 0 heterocycles. The molecule has 4 aliphatic rings. The number of carbonyl (C=O) groups excluding carboxylic acids is 1. The second kappa shape index (κ2) is 9.97. The smallest absolute Gasteiger partial charge is 0.264 e. The Morgan fingerprint density at radius 2 is 1.46 bits per heavy atom. The highest BCUT2D eigenvalue weighted by molar-refractivity contribution is 7.92. The first kappa shape index (κ1) is 25.9. The van der Waals surface area contributed by atoms with Gasteiger partial charge in [-0.2, -0.15) is 0 Å². The van der Waals surface area contributed by atoms with Crippen LogP contribution in [-0.2, 0) is 20.2 Å². The van der Waals surface area contributed by atoms with E-state index in [1.165, 1.54) is 63.3 Å². The van der Waals surface area contributed by atoms with E-state index in [0.717, 1.165) is 34.2 Å². The molecule has 7 rings (SSSR count). The number of sulfonamides is 1. The fourth-order valence-corrected chi connectivity index (χ4v) is 8.92. The molecule has 8 heteroatoms. The molecule has 0 saturated heterocycles. The number of amides is 1. The fraction of sp³-hybridized carbons (Fsp3) is 0.387. The van der Waals surface area contributed by atoms with Crippen LogP contribution in [0.1, 0.15) is 44.1 Å².